The van der Waals surface area contributed by atoms with Crippen LogP contribution in [0.3, 0.4) is 0 Å². The maximum absolute atomic E-state index is 13.5. The zero-order chi connectivity index (χ0) is 13.7. The average molecular weight is 263 g/mol. The lowest BCUT2D eigenvalue weighted by molar-refractivity contribution is 0.573. The highest BCUT2D eigenvalue weighted by atomic mass is 19.1. The first-order chi connectivity index (χ1) is 9.19. The molecule has 1 aromatic carbocycles. The SMILES string of the molecule is CCNCc1cnc(Cc2ccc(F)cc2F)nc1. The second-order valence-corrected chi connectivity index (χ2v) is 4.20. The molecule has 19 heavy (non-hydrogen) atoms. The van der Waals surface area contributed by atoms with Crippen molar-refractivity contribution in [3.63, 3.8) is 0 Å². The van der Waals surface area contributed by atoms with E-state index in [-0.39, 0.29) is 6.42 Å². The van der Waals surface area contributed by atoms with E-state index in [0.717, 1.165) is 18.2 Å². The van der Waals surface area contributed by atoms with Gasteiger partial charge in [0.2, 0.25) is 0 Å². The number of hydrogen-bond donors (Lipinski definition) is 1. The van der Waals surface area contributed by atoms with Crippen molar-refractivity contribution in [2.45, 2.75) is 19.9 Å². The van der Waals surface area contributed by atoms with Crippen LogP contribution in [-0.2, 0) is 13.0 Å². The van der Waals surface area contributed by atoms with Crippen molar-refractivity contribution < 1.29 is 8.78 Å². The fraction of sp³-hybridized carbons (Fsp3) is 0.286. The van der Waals surface area contributed by atoms with Crippen LogP contribution in [0.15, 0.2) is 30.6 Å². The molecule has 2 rings (SSSR count). The van der Waals surface area contributed by atoms with Gasteiger partial charge in [-0.25, -0.2) is 18.7 Å². The third-order valence-corrected chi connectivity index (χ3v) is 2.70. The van der Waals surface area contributed by atoms with E-state index < -0.39 is 11.6 Å². The molecule has 0 saturated carbocycles. The normalized spacial score (nSPS) is 10.7. The van der Waals surface area contributed by atoms with E-state index in [1.165, 1.54) is 12.1 Å². The molecule has 5 heteroatoms. The first-order valence-corrected chi connectivity index (χ1v) is 6.13. The summed E-state index contributed by atoms with van der Waals surface area (Å²) in [6.45, 7) is 3.61. The van der Waals surface area contributed by atoms with Gasteiger partial charge in [0.25, 0.3) is 0 Å². The van der Waals surface area contributed by atoms with Gasteiger partial charge in [0.15, 0.2) is 0 Å². The fourth-order valence-electron chi connectivity index (χ4n) is 1.67. The third-order valence-electron chi connectivity index (χ3n) is 2.70. The van der Waals surface area contributed by atoms with Crippen LogP contribution < -0.4 is 5.32 Å². The standard InChI is InChI=1S/C14H15F2N3/c1-2-17-7-10-8-18-14(19-9-10)5-11-3-4-12(15)6-13(11)16/h3-4,6,8-9,17H,2,5,7H2,1H3. The third kappa shape index (κ3) is 3.79. The molecule has 2 aromatic rings. The van der Waals surface area contributed by atoms with Gasteiger partial charge in [-0.2, -0.15) is 0 Å². The minimum absolute atomic E-state index is 0.258. The molecule has 1 N–H and O–H groups in total. The highest BCUT2D eigenvalue weighted by Crippen LogP contribution is 2.12. The van der Waals surface area contributed by atoms with Crippen molar-refractivity contribution >= 4 is 0 Å². The van der Waals surface area contributed by atoms with Gasteiger partial charge in [-0.3, -0.25) is 0 Å². The van der Waals surface area contributed by atoms with Crippen molar-refractivity contribution in [1.29, 1.82) is 0 Å². The Kier molecular flexibility index (Phi) is 4.52. The monoisotopic (exact) mass is 263 g/mol. The molecular weight excluding hydrogens is 248 g/mol. The van der Waals surface area contributed by atoms with Crippen molar-refractivity contribution in [3.05, 3.63) is 59.2 Å². The highest BCUT2D eigenvalue weighted by molar-refractivity contribution is 5.22. The number of benzene rings is 1. The van der Waals surface area contributed by atoms with Gasteiger partial charge < -0.3 is 5.32 Å². The lowest BCUT2D eigenvalue weighted by atomic mass is 10.1. The van der Waals surface area contributed by atoms with Gasteiger partial charge in [-0.15, -0.1) is 0 Å². The molecule has 0 spiro atoms. The molecule has 1 heterocycles. The Morgan fingerprint density at radius 1 is 1.16 bits per heavy atom. The maximum atomic E-state index is 13.5. The van der Waals surface area contributed by atoms with Gasteiger partial charge in [0.1, 0.15) is 17.5 Å². The molecule has 0 aliphatic rings. The summed E-state index contributed by atoms with van der Waals surface area (Å²) < 4.78 is 26.3. The van der Waals surface area contributed by atoms with Gasteiger partial charge in [0, 0.05) is 37.0 Å². The summed E-state index contributed by atoms with van der Waals surface area (Å²) in [6, 6.07) is 3.52. The first kappa shape index (κ1) is 13.5. The largest absolute Gasteiger partial charge is 0.313 e. The second-order valence-electron chi connectivity index (χ2n) is 4.20. The number of rotatable bonds is 5. The van der Waals surface area contributed by atoms with E-state index in [9.17, 15) is 8.78 Å². The Morgan fingerprint density at radius 3 is 2.53 bits per heavy atom. The van der Waals surface area contributed by atoms with Crippen LogP contribution in [0.2, 0.25) is 0 Å². The van der Waals surface area contributed by atoms with Crippen LogP contribution >= 0.6 is 0 Å². The Labute approximate surface area is 110 Å². The molecule has 100 valence electrons. The van der Waals surface area contributed by atoms with Gasteiger partial charge in [0.05, 0.1) is 0 Å². The Balaban J connectivity index is 2.06. The summed E-state index contributed by atoms with van der Waals surface area (Å²) in [5.74, 6) is -0.630. The molecule has 1 aromatic heterocycles. The molecule has 0 bridgehead atoms. The Morgan fingerprint density at radius 2 is 1.89 bits per heavy atom. The highest BCUT2D eigenvalue weighted by Gasteiger charge is 2.06. The first-order valence-electron chi connectivity index (χ1n) is 6.13. The maximum Gasteiger partial charge on any atom is 0.132 e. The van der Waals surface area contributed by atoms with E-state index in [2.05, 4.69) is 15.3 Å². The van der Waals surface area contributed by atoms with Gasteiger partial charge >= 0.3 is 0 Å². The van der Waals surface area contributed by atoms with Crippen LogP contribution in [0.5, 0.6) is 0 Å². The Hall–Kier alpha value is -1.88. The summed E-state index contributed by atoms with van der Waals surface area (Å²) in [7, 11) is 0. The second kappa shape index (κ2) is 6.33. The number of aromatic nitrogens is 2. The molecule has 0 amide bonds. The van der Waals surface area contributed by atoms with E-state index in [1.807, 2.05) is 6.92 Å². The van der Waals surface area contributed by atoms with Crippen molar-refractivity contribution in [1.82, 2.24) is 15.3 Å². The van der Waals surface area contributed by atoms with Crippen LogP contribution in [0, 0.1) is 11.6 Å². The molecule has 0 atom stereocenters. The summed E-state index contributed by atoms with van der Waals surface area (Å²) in [6.07, 6.45) is 3.69. The summed E-state index contributed by atoms with van der Waals surface area (Å²) in [5, 5.41) is 3.17. The Bertz CT molecular complexity index is 541. The van der Waals surface area contributed by atoms with Crippen LogP contribution in [0.25, 0.3) is 0 Å². The summed E-state index contributed by atoms with van der Waals surface area (Å²) in [5.41, 5.74) is 1.37. The van der Waals surface area contributed by atoms with E-state index >= 15 is 0 Å². The quantitative estimate of drug-likeness (QED) is 0.900. The van der Waals surface area contributed by atoms with Crippen molar-refractivity contribution in [2.24, 2.45) is 0 Å². The minimum atomic E-state index is -0.580. The molecular formula is C14H15F2N3. The van der Waals surface area contributed by atoms with Gasteiger partial charge in [-0.05, 0) is 18.2 Å². The number of hydrogen-bond acceptors (Lipinski definition) is 3. The fourth-order valence-corrected chi connectivity index (χ4v) is 1.67. The topological polar surface area (TPSA) is 37.8 Å². The predicted molar refractivity (Wildman–Crippen MR) is 68.6 cm³/mol. The summed E-state index contributed by atoms with van der Waals surface area (Å²) in [4.78, 5) is 8.36. The molecule has 3 nitrogen and oxygen atoms in total. The average Bonchev–Trinajstić information content (AvgIpc) is 2.41. The molecule has 0 fully saturated rings. The van der Waals surface area contributed by atoms with E-state index in [1.54, 1.807) is 12.4 Å². The van der Waals surface area contributed by atoms with E-state index in [0.29, 0.717) is 17.9 Å². The smallest absolute Gasteiger partial charge is 0.132 e. The lowest BCUT2D eigenvalue weighted by Crippen LogP contribution is -2.12. The molecule has 0 unspecified atom stereocenters. The van der Waals surface area contributed by atoms with Crippen molar-refractivity contribution in [2.75, 3.05) is 6.54 Å². The minimum Gasteiger partial charge on any atom is -0.313 e. The summed E-state index contributed by atoms with van der Waals surface area (Å²) >= 11 is 0. The van der Waals surface area contributed by atoms with E-state index in [4.69, 9.17) is 0 Å². The van der Waals surface area contributed by atoms with Crippen molar-refractivity contribution in [3.8, 4) is 0 Å². The molecule has 0 radical (unpaired) electrons. The number of halogens is 2. The zero-order valence-electron chi connectivity index (χ0n) is 10.7. The number of nitrogens with zero attached hydrogens (tertiary/aromatic N) is 2. The zero-order valence-corrected chi connectivity index (χ0v) is 10.7. The molecule has 0 saturated heterocycles. The predicted octanol–water partition coefficient (Wildman–Crippen LogP) is 2.46. The van der Waals surface area contributed by atoms with Crippen LogP contribution in [0.1, 0.15) is 23.9 Å². The van der Waals surface area contributed by atoms with Gasteiger partial charge in [-0.1, -0.05) is 13.0 Å². The molecule has 0 aliphatic carbocycles. The molecule has 0 aliphatic heterocycles. The number of nitrogens with one attached hydrogen (secondary N) is 1. The lowest BCUT2D eigenvalue weighted by Gasteiger charge is -2.04. The van der Waals surface area contributed by atoms with Crippen LogP contribution in [0.4, 0.5) is 8.78 Å². The van der Waals surface area contributed by atoms with Crippen LogP contribution in [-0.4, -0.2) is 16.5 Å².